The lowest BCUT2D eigenvalue weighted by Gasteiger charge is -2.24. The number of carbonyl (C=O) groups is 1. The number of nitrogens with zero attached hydrogens (tertiary/aromatic N) is 3. The molecule has 2 aromatic rings. The molecule has 2 aromatic heterocycles. The van der Waals surface area contributed by atoms with E-state index in [1.807, 2.05) is 0 Å². The van der Waals surface area contributed by atoms with Gasteiger partial charge in [0.05, 0.1) is 13.3 Å². The van der Waals surface area contributed by atoms with Gasteiger partial charge in [0.2, 0.25) is 0 Å². The molecule has 1 N–H and O–H groups in total. The van der Waals surface area contributed by atoms with E-state index >= 15 is 0 Å². The molecule has 0 aliphatic heterocycles. The van der Waals surface area contributed by atoms with Crippen molar-refractivity contribution in [2.75, 3.05) is 12.4 Å². The van der Waals surface area contributed by atoms with Gasteiger partial charge in [0.1, 0.15) is 16.5 Å². The Labute approximate surface area is 152 Å². The molecule has 0 saturated heterocycles. The van der Waals surface area contributed by atoms with Crippen molar-refractivity contribution >= 4 is 29.0 Å². The largest absolute Gasteiger partial charge is 0.465 e. The van der Waals surface area contributed by atoms with Crippen LogP contribution in [0, 0.1) is 5.92 Å². The van der Waals surface area contributed by atoms with Crippen LogP contribution >= 0.6 is 11.6 Å². The number of rotatable bonds is 5. The molecule has 1 aliphatic rings. The fourth-order valence-corrected chi connectivity index (χ4v) is 3.65. The van der Waals surface area contributed by atoms with E-state index in [0.29, 0.717) is 28.2 Å². The zero-order valence-electron chi connectivity index (χ0n) is 15.2. The molecular weight excluding hydrogens is 340 g/mol. The summed E-state index contributed by atoms with van der Waals surface area (Å²) in [4.78, 5) is 16.5. The molecule has 1 aliphatic carbocycles. The Balaban J connectivity index is 2.19. The van der Waals surface area contributed by atoms with Crippen LogP contribution in [0.15, 0.2) is 6.20 Å². The van der Waals surface area contributed by atoms with Crippen LogP contribution in [0.1, 0.15) is 68.3 Å². The normalized spacial score (nSPS) is 16.6. The first-order chi connectivity index (χ1) is 11.9. The molecule has 3 rings (SSSR count). The van der Waals surface area contributed by atoms with Crippen molar-refractivity contribution < 1.29 is 9.53 Å². The Bertz CT molecular complexity index is 781. The van der Waals surface area contributed by atoms with Crippen molar-refractivity contribution in [3.8, 4) is 0 Å². The summed E-state index contributed by atoms with van der Waals surface area (Å²) in [6, 6.07) is 0.229. The third-order valence-electron chi connectivity index (χ3n) is 5.17. The summed E-state index contributed by atoms with van der Waals surface area (Å²) < 4.78 is 6.54. The van der Waals surface area contributed by atoms with Gasteiger partial charge in [-0.3, -0.25) is 0 Å². The van der Waals surface area contributed by atoms with Crippen LogP contribution in [-0.4, -0.2) is 33.7 Å². The molecule has 7 heteroatoms. The van der Waals surface area contributed by atoms with Gasteiger partial charge in [-0.2, -0.15) is 9.61 Å². The average Bonchev–Trinajstić information content (AvgIpc) is 3.23. The maximum absolute atomic E-state index is 12.0. The molecule has 1 atom stereocenters. The molecule has 0 bridgehead atoms. The first-order valence-corrected chi connectivity index (χ1v) is 9.23. The Morgan fingerprint density at radius 3 is 2.64 bits per heavy atom. The number of ether oxygens (including phenoxy) is 1. The van der Waals surface area contributed by atoms with E-state index in [4.69, 9.17) is 16.3 Å². The fraction of sp³-hybridized carbons (Fsp3) is 0.611. The van der Waals surface area contributed by atoms with Gasteiger partial charge in [-0.05, 0) is 31.6 Å². The van der Waals surface area contributed by atoms with Crippen molar-refractivity contribution in [2.24, 2.45) is 5.92 Å². The van der Waals surface area contributed by atoms with Crippen LogP contribution in [0.25, 0.3) is 5.65 Å². The predicted octanol–water partition coefficient (Wildman–Crippen LogP) is 4.28. The first-order valence-electron chi connectivity index (χ1n) is 8.86. The number of nitrogens with one attached hydrogen (secondary N) is 1. The van der Waals surface area contributed by atoms with Crippen LogP contribution in [0.2, 0.25) is 5.15 Å². The molecule has 1 fully saturated rings. The number of fused-ring (bicyclic) bond motifs is 1. The van der Waals surface area contributed by atoms with E-state index in [0.717, 1.165) is 24.2 Å². The minimum Gasteiger partial charge on any atom is -0.465 e. The van der Waals surface area contributed by atoms with Crippen molar-refractivity contribution in [2.45, 2.75) is 58.4 Å². The quantitative estimate of drug-likeness (QED) is 0.633. The summed E-state index contributed by atoms with van der Waals surface area (Å²) in [6.45, 7) is 6.46. The molecule has 1 saturated carbocycles. The van der Waals surface area contributed by atoms with Gasteiger partial charge in [0.15, 0.2) is 5.65 Å². The number of methoxy groups -OCH3 is 1. The lowest BCUT2D eigenvalue weighted by Crippen LogP contribution is -2.25. The molecule has 1 unspecified atom stereocenters. The molecule has 0 spiro atoms. The third-order valence-corrected chi connectivity index (χ3v) is 5.46. The monoisotopic (exact) mass is 364 g/mol. The summed E-state index contributed by atoms with van der Waals surface area (Å²) in [5, 5.41) is 8.42. The minimum atomic E-state index is -0.463. The van der Waals surface area contributed by atoms with Crippen LogP contribution in [0.3, 0.4) is 0 Å². The summed E-state index contributed by atoms with van der Waals surface area (Å²) in [6.07, 6.45) is 6.09. The Kier molecular flexibility index (Phi) is 5.18. The number of aromatic nitrogens is 3. The van der Waals surface area contributed by atoms with E-state index in [1.54, 1.807) is 4.52 Å². The molecule has 2 heterocycles. The lowest BCUT2D eigenvalue weighted by molar-refractivity contribution is 0.0602. The van der Waals surface area contributed by atoms with E-state index < -0.39 is 5.97 Å². The van der Waals surface area contributed by atoms with E-state index in [2.05, 4.69) is 36.2 Å². The van der Waals surface area contributed by atoms with E-state index in [1.165, 1.54) is 26.1 Å². The summed E-state index contributed by atoms with van der Waals surface area (Å²) >= 11 is 6.58. The van der Waals surface area contributed by atoms with E-state index in [9.17, 15) is 4.79 Å². The second kappa shape index (κ2) is 7.20. The topological polar surface area (TPSA) is 68.5 Å². The maximum Gasteiger partial charge on any atom is 0.343 e. The van der Waals surface area contributed by atoms with Gasteiger partial charge in [-0.1, -0.05) is 38.3 Å². The molecule has 0 amide bonds. The van der Waals surface area contributed by atoms with Crippen molar-refractivity contribution in [1.82, 2.24) is 14.6 Å². The lowest BCUT2D eigenvalue weighted by atomic mass is 9.98. The maximum atomic E-state index is 12.0. The number of halogens is 1. The summed E-state index contributed by atoms with van der Waals surface area (Å²) in [5.74, 6) is 1.19. The highest BCUT2D eigenvalue weighted by molar-refractivity contribution is 6.30. The molecule has 6 nitrogen and oxygen atoms in total. The SMILES string of the molecule is COC(=O)c1cnn2c(NC(C)C(C)C)c(C3CCCC3)c(Cl)nc12. The number of esters is 1. The first kappa shape index (κ1) is 18.0. The highest BCUT2D eigenvalue weighted by Gasteiger charge is 2.28. The molecular formula is C18H25ClN4O2. The minimum absolute atomic E-state index is 0.229. The number of anilines is 1. The predicted molar refractivity (Wildman–Crippen MR) is 98.5 cm³/mol. The zero-order valence-corrected chi connectivity index (χ0v) is 15.9. The second-order valence-electron chi connectivity index (χ2n) is 7.11. The van der Waals surface area contributed by atoms with Crippen LogP contribution < -0.4 is 5.32 Å². The number of hydrogen-bond donors (Lipinski definition) is 1. The molecule has 136 valence electrons. The van der Waals surface area contributed by atoms with Crippen LogP contribution in [0.5, 0.6) is 0 Å². The van der Waals surface area contributed by atoms with Crippen molar-refractivity contribution in [1.29, 1.82) is 0 Å². The average molecular weight is 365 g/mol. The van der Waals surface area contributed by atoms with Gasteiger partial charge < -0.3 is 10.1 Å². The van der Waals surface area contributed by atoms with Gasteiger partial charge in [-0.15, -0.1) is 0 Å². The smallest absolute Gasteiger partial charge is 0.343 e. The Morgan fingerprint density at radius 2 is 2.04 bits per heavy atom. The van der Waals surface area contributed by atoms with Gasteiger partial charge in [-0.25, -0.2) is 9.78 Å². The van der Waals surface area contributed by atoms with Gasteiger partial charge in [0, 0.05) is 11.6 Å². The van der Waals surface area contributed by atoms with Crippen LogP contribution in [0.4, 0.5) is 5.82 Å². The Hall–Kier alpha value is -1.82. The molecule has 0 aromatic carbocycles. The third kappa shape index (κ3) is 3.32. The van der Waals surface area contributed by atoms with E-state index in [-0.39, 0.29) is 6.04 Å². The summed E-state index contributed by atoms with van der Waals surface area (Å²) in [7, 11) is 1.35. The Morgan fingerprint density at radius 1 is 1.36 bits per heavy atom. The fourth-order valence-electron chi connectivity index (χ4n) is 3.33. The van der Waals surface area contributed by atoms with Crippen molar-refractivity contribution in [3.63, 3.8) is 0 Å². The number of carbonyl (C=O) groups excluding carboxylic acids is 1. The van der Waals surface area contributed by atoms with Gasteiger partial charge in [0.25, 0.3) is 0 Å². The molecule has 0 radical (unpaired) electrons. The van der Waals surface area contributed by atoms with Gasteiger partial charge >= 0.3 is 5.97 Å². The summed E-state index contributed by atoms with van der Waals surface area (Å²) in [5.41, 5.74) is 1.76. The highest BCUT2D eigenvalue weighted by atomic mass is 35.5. The van der Waals surface area contributed by atoms with Crippen molar-refractivity contribution in [3.05, 3.63) is 22.5 Å². The molecule has 25 heavy (non-hydrogen) atoms. The van der Waals surface area contributed by atoms with Crippen LogP contribution in [-0.2, 0) is 4.74 Å². The zero-order chi connectivity index (χ0) is 18.1. The highest BCUT2D eigenvalue weighted by Crippen LogP contribution is 2.41. The second-order valence-corrected chi connectivity index (χ2v) is 7.47. The number of hydrogen-bond acceptors (Lipinski definition) is 5. The standard InChI is InChI=1S/C18H25ClN4O2/c1-10(2)11(3)21-17-14(12-7-5-6-8-12)15(19)22-16-13(18(24)25-4)9-20-23(16)17/h9-12,21H,5-8H2,1-4H3.